The third kappa shape index (κ3) is 2.95. The van der Waals surface area contributed by atoms with Gasteiger partial charge in [0.1, 0.15) is 0 Å². The molecule has 1 amide bonds. The maximum absolute atomic E-state index is 11.2. The molecule has 0 aliphatic rings. The smallest absolute Gasteiger partial charge is 0.220 e. The summed E-state index contributed by atoms with van der Waals surface area (Å²) < 4.78 is 0. The fraction of sp³-hybridized carbons (Fsp3) is 0.250. The molecular weight excluding hydrogens is 174 g/mol. The molecule has 0 saturated carbocycles. The Hall–Kier alpha value is -1.75. The van der Waals surface area contributed by atoms with E-state index < -0.39 is 0 Å². The lowest BCUT2D eigenvalue weighted by atomic mass is 10.2. The van der Waals surface area contributed by atoms with Gasteiger partial charge in [0.2, 0.25) is 5.91 Å². The van der Waals surface area contributed by atoms with Crippen LogP contribution in [0.1, 0.15) is 12.5 Å². The zero-order valence-corrected chi connectivity index (χ0v) is 8.23. The second-order valence-corrected chi connectivity index (χ2v) is 3.06. The number of amides is 1. The second-order valence-electron chi connectivity index (χ2n) is 3.06. The van der Waals surface area contributed by atoms with E-state index in [1.807, 2.05) is 30.3 Å². The van der Waals surface area contributed by atoms with Gasteiger partial charge >= 0.3 is 0 Å². The molecule has 72 valence electrons. The van der Waals surface area contributed by atoms with Crippen molar-refractivity contribution in [3.63, 3.8) is 0 Å². The van der Waals surface area contributed by atoms with E-state index in [0.717, 1.165) is 5.56 Å². The van der Waals surface area contributed by atoms with Crippen molar-refractivity contribution in [1.29, 1.82) is 0 Å². The summed E-state index contributed by atoms with van der Waals surface area (Å²) in [4.78, 5) is 12.8. The van der Waals surface area contributed by atoms with Crippen LogP contribution in [0.25, 0.3) is 0 Å². The van der Waals surface area contributed by atoms with E-state index in [-0.39, 0.29) is 5.91 Å². The number of rotatable bonds is 3. The van der Waals surface area contributed by atoms with Gasteiger partial charge in [0.05, 0.1) is 6.54 Å². The van der Waals surface area contributed by atoms with Crippen LogP contribution in [0.4, 0.5) is 0 Å². The van der Waals surface area contributed by atoms with E-state index in [9.17, 15) is 4.79 Å². The molecule has 0 bridgehead atoms. The fourth-order valence-electron chi connectivity index (χ4n) is 1.19. The van der Waals surface area contributed by atoms with Gasteiger partial charge in [-0.2, -0.15) is 0 Å². The van der Waals surface area contributed by atoms with Crippen molar-refractivity contribution >= 4 is 5.91 Å². The Morgan fingerprint density at radius 3 is 2.57 bits per heavy atom. The van der Waals surface area contributed by atoms with E-state index in [2.05, 4.69) is 5.92 Å². The molecule has 1 rings (SSSR count). The van der Waals surface area contributed by atoms with Crippen LogP contribution in [-0.2, 0) is 11.3 Å². The molecule has 0 aliphatic carbocycles. The number of carbonyl (C=O) groups is 1. The van der Waals surface area contributed by atoms with Gasteiger partial charge in [-0.3, -0.25) is 4.79 Å². The van der Waals surface area contributed by atoms with Gasteiger partial charge < -0.3 is 4.90 Å². The largest absolute Gasteiger partial charge is 0.327 e. The van der Waals surface area contributed by atoms with Gasteiger partial charge in [-0.1, -0.05) is 36.3 Å². The molecule has 0 N–H and O–H groups in total. The first kappa shape index (κ1) is 10.3. The minimum atomic E-state index is 0.00630. The monoisotopic (exact) mass is 187 g/mol. The van der Waals surface area contributed by atoms with Crippen molar-refractivity contribution < 1.29 is 4.79 Å². The van der Waals surface area contributed by atoms with Crippen molar-refractivity contribution in [3.8, 4) is 12.3 Å². The van der Waals surface area contributed by atoms with Gasteiger partial charge in [0.15, 0.2) is 0 Å². The van der Waals surface area contributed by atoms with Gasteiger partial charge in [0, 0.05) is 13.5 Å². The summed E-state index contributed by atoms with van der Waals surface area (Å²) >= 11 is 0. The van der Waals surface area contributed by atoms with Gasteiger partial charge in [-0.25, -0.2) is 0 Å². The predicted octanol–water partition coefficient (Wildman–Crippen LogP) is 1.67. The lowest BCUT2D eigenvalue weighted by molar-refractivity contribution is -0.128. The quantitative estimate of drug-likeness (QED) is 0.659. The minimum absolute atomic E-state index is 0.00630. The SMILES string of the molecule is C#CCN(Cc1ccccc1)C(C)=O. The molecule has 0 aromatic heterocycles. The fourth-order valence-corrected chi connectivity index (χ4v) is 1.19. The lowest BCUT2D eigenvalue weighted by Gasteiger charge is -2.17. The van der Waals surface area contributed by atoms with E-state index in [0.29, 0.717) is 13.1 Å². The standard InChI is InChI=1S/C12H13NO/c1-3-9-13(11(2)14)10-12-7-5-4-6-8-12/h1,4-8H,9-10H2,2H3. The van der Waals surface area contributed by atoms with E-state index in [4.69, 9.17) is 6.42 Å². The van der Waals surface area contributed by atoms with Crippen LogP contribution in [0.2, 0.25) is 0 Å². The first-order chi connectivity index (χ1) is 6.74. The predicted molar refractivity (Wildman–Crippen MR) is 56.4 cm³/mol. The Kier molecular flexibility index (Phi) is 3.75. The number of nitrogens with zero attached hydrogens (tertiary/aromatic N) is 1. The Balaban J connectivity index is 2.66. The number of hydrogen-bond acceptors (Lipinski definition) is 1. The number of hydrogen-bond donors (Lipinski definition) is 0. The highest BCUT2D eigenvalue weighted by atomic mass is 16.2. The van der Waals surface area contributed by atoms with Crippen LogP contribution in [0.3, 0.4) is 0 Å². The third-order valence-electron chi connectivity index (χ3n) is 1.94. The normalized spacial score (nSPS) is 9.14. The average molecular weight is 187 g/mol. The topological polar surface area (TPSA) is 20.3 Å². The summed E-state index contributed by atoms with van der Waals surface area (Å²) in [6.07, 6.45) is 5.18. The molecule has 0 heterocycles. The van der Waals surface area contributed by atoms with Crippen molar-refractivity contribution in [2.24, 2.45) is 0 Å². The van der Waals surface area contributed by atoms with Crippen LogP contribution in [0.15, 0.2) is 30.3 Å². The molecule has 0 atom stereocenters. The Labute approximate surface area is 84.5 Å². The lowest BCUT2D eigenvalue weighted by Crippen LogP contribution is -2.28. The van der Waals surface area contributed by atoms with Crippen molar-refractivity contribution in [1.82, 2.24) is 4.90 Å². The summed E-state index contributed by atoms with van der Waals surface area (Å²) in [5, 5.41) is 0. The molecule has 1 aromatic carbocycles. The summed E-state index contributed by atoms with van der Waals surface area (Å²) in [7, 11) is 0. The molecule has 1 aromatic rings. The molecule has 0 saturated heterocycles. The first-order valence-corrected chi connectivity index (χ1v) is 4.47. The van der Waals surface area contributed by atoms with Gasteiger partial charge in [0.25, 0.3) is 0 Å². The molecule has 2 nitrogen and oxygen atoms in total. The van der Waals surface area contributed by atoms with Gasteiger partial charge in [-0.15, -0.1) is 6.42 Å². The van der Waals surface area contributed by atoms with E-state index in [1.165, 1.54) is 6.92 Å². The number of carbonyl (C=O) groups excluding carboxylic acids is 1. The van der Waals surface area contributed by atoms with Crippen LogP contribution in [-0.4, -0.2) is 17.4 Å². The summed E-state index contributed by atoms with van der Waals surface area (Å²) in [6.45, 7) is 2.48. The molecule has 2 heteroatoms. The molecule has 14 heavy (non-hydrogen) atoms. The Morgan fingerprint density at radius 1 is 1.43 bits per heavy atom. The van der Waals surface area contributed by atoms with Crippen LogP contribution in [0.5, 0.6) is 0 Å². The zero-order valence-electron chi connectivity index (χ0n) is 8.23. The van der Waals surface area contributed by atoms with E-state index in [1.54, 1.807) is 4.90 Å². The highest BCUT2D eigenvalue weighted by Gasteiger charge is 2.06. The molecule has 0 fully saturated rings. The van der Waals surface area contributed by atoms with Crippen LogP contribution < -0.4 is 0 Å². The summed E-state index contributed by atoms with van der Waals surface area (Å²) in [5.41, 5.74) is 1.10. The van der Waals surface area contributed by atoms with Gasteiger partial charge in [-0.05, 0) is 5.56 Å². The Bertz CT molecular complexity index is 337. The molecule has 0 radical (unpaired) electrons. The Morgan fingerprint density at radius 2 is 2.07 bits per heavy atom. The summed E-state index contributed by atoms with van der Waals surface area (Å²) in [5.74, 6) is 2.48. The highest BCUT2D eigenvalue weighted by Crippen LogP contribution is 2.03. The molecule has 0 aliphatic heterocycles. The zero-order chi connectivity index (χ0) is 10.4. The number of terminal acetylenes is 1. The van der Waals surface area contributed by atoms with Crippen molar-refractivity contribution in [2.75, 3.05) is 6.54 Å². The first-order valence-electron chi connectivity index (χ1n) is 4.47. The molecule has 0 spiro atoms. The summed E-state index contributed by atoms with van der Waals surface area (Å²) in [6, 6.07) is 9.80. The maximum Gasteiger partial charge on any atom is 0.220 e. The maximum atomic E-state index is 11.2. The van der Waals surface area contributed by atoms with Crippen LogP contribution >= 0.6 is 0 Å². The molecule has 0 unspecified atom stereocenters. The molecular formula is C12H13NO. The third-order valence-corrected chi connectivity index (χ3v) is 1.94. The second kappa shape index (κ2) is 5.08. The average Bonchev–Trinajstić information content (AvgIpc) is 2.18. The van der Waals surface area contributed by atoms with Crippen molar-refractivity contribution in [2.45, 2.75) is 13.5 Å². The van der Waals surface area contributed by atoms with Crippen LogP contribution in [0, 0.1) is 12.3 Å². The van der Waals surface area contributed by atoms with Crippen molar-refractivity contribution in [3.05, 3.63) is 35.9 Å². The highest BCUT2D eigenvalue weighted by molar-refractivity contribution is 5.73. The number of benzene rings is 1. The minimum Gasteiger partial charge on any atom is -0.327 e. The van der Waals surface area contributed by atoms with E-state index >= 15 is 0 Å².